The minimum atomic E-state index is -0.982. The molecular formula is C20H27N3O3. The van der Waals surface area contributed by atoms with Crippen molar-refractivity contribution in [1.29, 1.82) is 0 Å². The zero-order valence-corrected chi connectivity index (χ0v) is 15.2. The molecule has 1 aliphatic rings. The van der Waals surface area contributed by atoms with Gasteiger partial charge in [0.1, 0.15) is 5.69 Å². The van der Waals surface area contributed by atoms with Gasteiger partial charge in [-0.15, -0.1) is 0 Å². The third-order valence-electron chi connectivity index (χ3n) is 4.56. The number of amides is 1. The van der Waals surface area contributed by atoms with Crippen LogP contribution in [0.1, 0.15) is 23.0 Å². The normalized spacial score (nSPS) is 17.6. The van der Waals surface area contributed by atoms with Gasteiger partial charge in [-0.05, 0) is 24.6 Å². The monoisotopic (exact) mass is 357 g/mol. The Morgan fingerprint density at radius 3 is 2.65 bits per heavy atom. The van der Waals surface area contributed by atoms with E-state index in [1.54, 1.807) is 13.0 Å². The Balaban J connectivity index is 1.55. The molecule has 6 nitrogen and oxygen atoms in total. The Hall–Kier alpha value is -2.15. The van der Waals surface area contributed by atoms with Gasteiger partial charge in [0, 0.05) is 38.9 Å². The number of nitrogens with zero attached hydrogens (tertiary/aromatic N) is 2. The molecule has 0 aliphatic carbocycles. The van der Waals surface area contributed by atoms with Crippen molar-refractivity contribution in [2.24, 2.45) is 0 Å². The third-order valence-corrected chi connectivity index (χ3v) is 4.56. The minimum absolute atomic E-state index is 0.173. The van der Waals surface area contributed by atoms with Crippen molar-refractivity contribution in [2.45, 2.75) is 19.1 Å². The summed E-state index contributed by atoms with van der Waals surface area (Å²) in [5.74, 6) is -0.173. The number of carbonyl (C=O) groups excluding carboxylic acids is 1. The van der Waals surface area contributed by atoms with E-state index in [-0.39, 0.29) is 12.5 Å². The van der Waals surface area contributed by atoms with Gasteiger partial charge >= 0.3 is 0 Å². The summed E-state index contributed by atoms with van der Waals surface area (Å²) >= 11 is 0. The summed E-state index contributed by atoms with van der Waals surface area (Å²) in [6, 6.07) is 13.7. The van der Waals surface area contributed by atoms with Crippen LogP contribution >= 0.6 is 0 Å². The number of ether oxygens (including phenoxy) is 1. The first-order valence-corrected chi connectivity index (χ1v) is 9.03. The van der Waals surface area contributed by atoms with Crippen LogP contribution in [0.2, 0.25) is 0 Å². The molecule has 6 heteroatoms. The van der Waals surface area contributed by atoms with Crippen molar-refractivity contribution in [3.05, 3.63) is 59.9 Å². The van der Waals surface area contributed by atoms with Gasteiger partial charge in [-0.2, -0.15) is 0 Å². The molecule has 2 heterocycles. The average molecular weight is 357 g/mol. The fraction of sp³-hybridized carbons (Fsp3) is 0.450. The van der Waals surface area contributed by atoms with Gasteiger partial charge in [-0.3, -0.25) is 9.69 Å². The summed E-state index contributed by atoms with van der Waals surface area (Å²) in [5, 5.41) is 13.5. The Labute approximate surface area is 154 Å². The molecule has 0 radical (unpaired) electrons. The van der Waals surface area contributed by atoms with E-state index >= 15 is 0 Å². The lowest BCUT2D eigenvalue weighted by Crippen LogP contribution is -2.51. The molecule has 1 atom stereocenters. The predicted molar refractivity (Wildman–Crippen MR) is 100 cm³/mol. The van der Waals surface area contributed by atoms with Gasteiger partial charge in [0.15, 0.2) is 0 Å². The first-order valence-electron chi connectivity index (χ1n) is 9.03. The number of aromatic nitrogens is 1. The zero-order valence-electron chi connectivity index (χ0n) is 15.2. The molecule has 1 aliphatic heterocycles. The predicted octanol–water partition coefficient (Wildman–Crippen LogP) is 1.35. The summed E-state index contributed by atoms with van der Waals surface area (Å²) in [4.78, 5) is 14.7. The van der Waals surface area contributed by atoms with Crippen LogP contribution in [0, 0.1) is 0 Å². The third kappa shape index (κ3) is 5.17. The second kappa shape index (κ2) is 8.49. The number of rotatable bonds is 7. The largest absolute Gasteiger partial charge is 0.387 e. The van der Waals surface area contributed by atoms with Crippen molar-refractivity contribution < 1.29 is 14.6 Å². The molecule has 140 valence electrons. The molecule has 1 unspecified atom stereocenters. The zero-order chi connectivity index (χ0) is 18.4. The number of nitrogens with one attached hydrogen (secondary N) is 1. The highest BCUT2D eigenvalue weighted by Crippen LogP contribution is 2.10. The number of β-amino-alcohol motifs (C(OH)–C–C–N with tert-alkyl or cyclic N) is 1. The Kier molecular flexibility index (Phi) is 6.08. The molecule has 2 N–H and O–H groups in total. The van der Waals surface area contributed by atoms with E-state index in [0.717, 1.165) is 18.7 Å². The van der Waals surface area contributed by atoms with Crippen LogP contribution in [0.4, 0.5) is 0 Å². The molecule has 1 aromatic heterocycles. The van der Waals surface area contributed by atoms with Crippen LogP contribution in [-0.2, 0) is 11.3 Å². The van der Waals surface area contributed by atoms with E-state index in [0.29, 0.717) is 32.0 Å². The molecule has 2 aromatic rings. The molecule has 1 saturated heterocycles. The molecule has 1 fully saturated rings. The van der Waals surface area contributed by atoms with E-state index in [1.165, 1.54) is 0 Å². The topological polar surface area (TPSA) is 66.7 Å². The van der Waals surface area contributed by atoms with Gasteiger partial charge in [0.05, 0.1) is 18.8 Å². The van der Waals surface area contributed by atoms with E-state index in [4.69, 9.17) is 4.74 Å². The van der Waals surface area contributed by atoms with Gasteiger partial charge in [0.2, 0.25) is 0 Å². The quantitative estimate of drug-likeness (QED) is 0.785. The lowest BCUT2D eigenvalue weighted by Gasteiger charge is -2.33. The van der Waals surface area contributed by atoms with Crippen LogP contribution in [0.5, 0.6) is 0 Å². The number of carbonyl (C=O) groups is 1. The minimum Gasteiger partial charge on any atom is -0.387 e. The molecule has 0 spiro atoms. The summed E-state index contributed by atoms with van der Waals surface area (Å²) < 4.78 is 7.25. The average Bonchev–Trinajstić information content (AvgIpc) is 3.09. The van der Waals surface area contributed by atoms with Crippen LogP contribution in [0.3, 0.4) is 0 Å². The Bertz CT molecular complexity index is 706. The maximum absolute atomic E-state index is 12.6. The molecule has 3 rings (SSSR count). The number of hydrogen-bond donors (Lipinski definition) is 2. The van der Waals surface area contributed by atoms with E-state index < -0.39 is 5.60 Å². The first-order chi connectivity index (χ1) is 12.5. The van der Waals surface area contributed by atoms with Gasteiger partial charge in [-0.1, -0.05) is 30.3 Å². The summed E-state index contributed by atoms with van der Waals surface area (Å²) in [7, 11) is 0. The number of aliphatic hydroxyl groups is 1. The van der Waals surface area contributed by atoms with Gasteiger partial charge in [-0.25, -0.2) is 0 Å². The molecule has 1 amide bonds. The standard InChI is InChI=1S/C20H27N3O3/c1-20(25,16-22-10-12-26-13-11-22)15-21-19(24)18-8-5-9-23(18)14-17-6-3-2-4-7-17/h2-9,25H,10-16H2,1H3,(H,21,24). The summed E-state index contributed by atoms with van der Waals surface area (Å²) in [5.41, 5.74) is 0.747. The Morgan fingerprint density at radius 1 is 1.19 bits per heavy atom. The highest BCUT2D eigenvalue weighted by Gasteiger charge is 2.26. The number of morpholine rings is 1. The highest BCUT2D eigenvalue weighted by atomic mass is 16.5. The first kappa shape index (κ1) is 18.6. The Morgan fingerprint density at radius 2 is 1.92 bits per heavy atom. The van der Waals surface area contributed by atoms with Crippen LogP contribution in [0.25, 0.3) is 0 Å². The van der Waals surface area contributed by atoms with Crippen molar-refractivity contribution in [1.82, 2.24) is 14.8 Å². The number of benzene rings is 1. The van der Waals surface area contributed by atoms with E-state index in [2.05, 4.69) is 10.2 Å². The fourth-order valence-electron chi connectivity index (χ4n) is 3.20. The molecule has 26 heavy (non-hydrogen) atoms. The van der Waals surface area contributed by atoms with Crippen LogP contribution < -0.4 is 5.32 Å². The maximum Gasteiger partial charge on any atom is 0.268 e. The van der Waals surface area contributed by atoms with Crippen LogP contribution in [0.15, 0.2) is 48.7 Å². The summed E-state index contributed by atoms with van der Waals surface area (Å²) in [6.45, 7) is 6.12. The molecule has 1 aromatic carbocycles. The van der Waals surface area contributed by atoms with Gasteiger partial charge < -0.3 is 19.7 Å². The molecular weight excluding hydrogens is 330 g/mol. The second-order valence-electron chi connectivity index (χ2n) is 7.08. The van der Waals surface area contributed by atoms with Crippen molar-refractivity contribution in [3.63, 3.8) is 0 Å². The maximum atomic E-state index is 12.6. The fourth-order valence-corrected chi connectivity index (χ4v) is 3.20. The van der Waals surface area contributed by atoms with E-state index in [9.17, 15) is 9.90 Å². The second-order valence-corrected chi connectivity index (χ2v) is 7.08. The molecule has 0 bridgehead atoms. The van der Waals surface area contributed by atoms with Crippen molar-refractivity contribution in [2.75, 3.05) is 39.4 Å². The van der Waals surface area contributed by atoms with Gasteiger partial charge in [0.25, 0.3) is 5.91 Å². The lowest BCUT2D eigenvalue weighted by atomic mass is 10.1. The van der Waals surface area contributed by atoms with Crippen molar-refractivity contribution >= 4 is 5.91 Å². The lowest BCUT2D eigenvalue weighted by molar-refractivity contribution is -0.0213. The summed E-state index contributed by atoms with van der Waals surface area (Å²) in [6.07, 6.45) is 1.90. The molecule has 0 saturated carbocycles. The SMILES string of the molecule is CC(O)(CNC(=O)c1cccn1Cc1ccccc1)CN1CCOCC1. The highest BCUT2D eigenvalue weighted by molar-refractivity contribution is 5.92. The van der Waals surface area contributed by atoms with E-state index in [1.807, 2.05) is 47.2 Å². The smallest absolute Gasteiger partial charge is 0.268 e. The van der Waals surface area contributed by atoms with Crippen LogP contribution in [-0.4, -0.2) is 65.5 Å². The van der Waals surface area contributed by atoms with Crippen molar-refractivity contribution in [3.8, 4) is 0 Å². The number of hydrogen-bond acceptors (Lipinski definition) is 4.